The highest BCUT2D eigenvalue weighted by atomic mass is 16.2. The van der Waals surface area contributed by atoms with Gasteiger partial charge >= 0.3 is 0 Å². The molecular weight excluding hydrogens is 366 g/mol. The monoisotopic (exact) mass is 395 g/mol. The topological polar surface area (TPSA) is 77.6 Å². The van der Waals surface area contributed by atoms with Gasteiger partial charge in [-0.25, -0.2) is 4.98 Å². The third-order valence-corrected chi connectivity index (χ3v) is 4.88. The van der Waals surface area contributed by atoms with E-state index in [0.29, 0.717) is 12.2 Å². The zero-order chi connectivity index (χ0) is 20.6. The molecule has 2 amide bonds. The molecule has 0 spiro atoms. The molecule has 2 aromatic rings. The third kappa shape index (κ3) is 6.02. The van der Waals surface area contributed by atoms with Gasteiger partial charge in [-0.05, 0) is 76.3 Å². The Hall–Kier alpha value is -2.93. The van der Waals surface area contributed by atoms with E-state index in [9.17, 15) is 9.59 Å². The SMILES string of the molecule is CN(C)CCCNC(=O)c1cccc(C(=O)Nc2ccc(N3CCCC3)cc2)n1. The Labute approximate surface area is 172 Å². The molecule has 2 heterocycles. The zero-order valence-electron chi connectivity index (χ0n) is 17.1. The summed E-state index contributed by atoms with van der Waals surface area (Å²) in [4.78, 5) is 33.4. The summed E-state index contributed by atoms with van der Waals surface area (Å²) in [6.45, 7) is 3.63. The van der Waals surface area contributed by atoms with E-state index < -0.39 is 0 Å². The van der Waals surface area contributed by atoms with Crippen molar-refractivity contribution >= 4 is 23.2 Å². The van der Waals surface area contributed by atoms with Crippen molar-refractivity contribution < 1.29 is 9.59 Å². The first-order valence-corrected chi connectivity index (χ1v) is 10.1. The number of amides is 2. The van der Waals surface area contributed by atoms with Gasteiger partial charge in [0.05, 0.1) is 0 Å². The van der Waals surface area contributed by atoms with Gasteiger partial charge in [-0.15, -0.1) is 0 Å². The summed E-state index contributed by atoms with van der Waals surface area (Å²) in [7, 11) is 3.98. The summed E-state index contributed by atoms with van der Waals surface area (Å²) in [5.41, 5.74) is 2.34. The van der Waals surface area contributed by atoms with Crippen LogP contribution in [0.5, 0.6) is 0 Å². The van der Waals surface area contributed by atoms with Gasteiger partial charge in [0, 0.05) is 31.0 Å². The highest BCUT2D eigenvalue weighted by Crippen LogP contribution is 2.22. The number of nitrogens with one attached hydrogen (secondary N) is 2. The van der Waals surface area contributed by atoms with E-state index in [-0.39, 0.29) is 23.2 Å². The molecular formula is C22H29N5O2. The maximum Gasteiger partial charge on any atom is 0.274 e. The summed E-state index contributed by atoms with van der Waals surface area (Å²) in [5.74, 6) is -0.602. The lowest BCUT2D eigenvalue weighted by atomic mass is 10.2. The Morgan fingerprint density at radius 2 is 1.66 bits per heavy atom. The molecule has 3 rings (SSSR count). The maximum absolute atomic E-state index is 12.5. The van der Waals surface area contributed by atoms with Crippen LogP contribution < -0.4 is 15.5 Å². The van der Waals surface area contributed by atoms with Crippen molar-refractivity contribution in [2.45, 2.75) is 19.3 Å². The summed E-state index contributed by atoms with van der Waals surface area (Å²) < 4.78 is 0. The van der Waals surface area contributed by atoms with Gasteiger partial charge in [0.1, 0.15) is 11.4 Å². The first-order valence-electron chi connectivity index (χ1n) is 10.1. The van der Waals surface area contributed by atoms with Gasteiger partial charge in [0.2, 0.25) is 0 Å². The van der Waals surface area contributed by atoms with Gasteiger partial charge in [-0.1, -0.05) is 6.07 Å². The van der Waals surface area contributed by atoms with Crippen molar-refractivity contribution in [1.82, 2.24) is 15.2 Å². The van der Waals surface area contributed by atoms with Gasteiger partial charge in [0.25, 0.3) is 11.8 Å². The molecule has 29 heavy (non-hydrogen) atoms. The number of nitrogens with zero attached hydrogens (tertiary/aromatic N) is 3. The number of carbonyl (C=O) groups is 2. The van der Waals surface area contributed by atoms with Crippen molar-refractivity contribution in [3.8, 4) is 0 Å². The van der Waals surface area contributed by atoms with Crippen molar-refractivity contribution in [3.63, 3.8) is 0 Å². The van der Waals surface area contributed by atoms with E-state index in [1.165, 1.54) is 18.5 Å². The lowest BCUT2D eigenvalue weighted by molar-refractivity contribution is 0.0947. The fourth-order valence-corrected chi connectivity index (χ4v) is 3.30. The molecule has 7 nitrogen and oxygen atoms in total. The van der Waals surface area contributed by atoms with E-state index in [1.54, 1.807) is 18.2 Å². The molecule has 0 saturated carbocycles. The highest BCUT2D eigenvalue weighted by Gasteiger charge is 2.14. The van der Waals surface area contributed by atoms with Crippen LogP contribution in [0.2, 0.25) is 0 Å². The van der Waals surface area contributed by atoms with Crippen LogP contribution in [0.15, 0.2) is 42.5 Å². The second-order valence-corrected chi connectivity index (χ2v) is 7.52. The molecule has 154 valence electrons. The van der Waals surface area contributed by atoms with Crippen LogP contribution in [0.1, 0.15) is 40.2 Å². The standard InChI is InChI=1S/C22H29N5O2/c1-26(2)14-6-13-23-21(28)19-7-5-8-20(25-19)22(29)24-17-9-11-18(12-10-17)27-15-3-4-16-27/h5,7-12H,3-4,6,13-16H2,1-2H3,(H,23,28)(H,24,29). The maximum atomic E-state index is 12.5. The fourth-order valence-electron chi connectivity index (χ4n) is 3.30. The molecule has 0 unspecified atom stereocenters. The molecule has 0 bridgehead atoms. The number of rotatable bonds is 8. The van der Waals surface area contributed by atoms with Gasteiger partial charge in [-0.3, -0.25) is 9.59 Å². The van der Waals surface area contributed by atoms with Gasteiger partial charge in [-0.2, -0.15) is 0 Å². The van der Waals surface area contributed by atoms with E-state index in [2.05, 4.69) is 25.4 Å². The first-order chi connectivity index (χ1) is 14.0. The summed E-state index contributed by atoms with van der Waals surface area (Å²) in [6.07, 6.45) is 3.31. The third-order valence-electron chi connectivity index (χ3n) is 4.88. The van der Waals surface area contributed by atoms with E-state index in [0.717, 1.165) is 26.1 Å². The van der Waals surface area contributed by atoms with Crippen molar-refractivity contribution in [2.24, 2.45) is 0 Å². The van der Waals surface area contributed by atoms with Crippen LogP contribution in [-0.4, -0.2) is 62.0 Å². The smallest absolute Gasteiger partial charge is 0.274 e. The van der Waals surface area contributed by atoms with Crippen LogP contribution in [0.4, 0.5) is 11.4 Å². The molecule has 1 saturated heterocycles. The minimum Gasteiger partial charge on any atom is -0.372 e. The number of carbonyl (C=O) groups excluding carboxylic acids is 2. The lowest BCUT2D eigenvalue weighted by Gasteiger charge is -2.17. The average molecular weight is 396 g/mol. The molecule has 7 heteroatoms. The lowest BCUT2D eigenvalue weighted by Crippen LogP contribution is -2.28. The van der Waals surface area contributed by atoms with Crippen LogP contribution >= 0.6 is 0 Å². The molecule has 2 N–H and O–H groups in total. The van der Waals surface area contributed by atoms with Crippen molar-refractivity contribution in [1.29, 1.82) is 0 Å². The van der Waals surface area contributed by atoms with Crippen LogP contribution in [0, 0.1) is 0 Å². The van der Waals surface area contributed by atoms with Crippen molar-refractivity contribution in [2.75, 3.05) is 50.5 Å². The summed E-state index contributed by atoms with van der Waals surface area (Å²) in [5, 5.41) is 5.69. The number of pyridine rings is 1. The number of hydrogen-bond acceptors (Lipinski definition) is 5. The predicted octanol–water partition coefficient (Wildman–Crippen LogP) is 2.62. The zero-order valence-corrected chi connectivity index (χ0v) is 17.1. The second-order valence-electron chi connectivity index (χ2n) is 7.52. The first kappa shape index (κ1) is 20.8. The van der Waals surface area contributed by atoms with Crippen LogP contribution in [0.25, 0.3) is 0 Å². The molecule has 0 atom stereocenters. The summed E-state index contributed by atoms with van der Waals surface area (Å²) >= 11 is 0. The molecule has 1 aromatic heterocycles. The highest BCUT2D eigenvalue weighted by molar-refractivity contribution is 6.03. The minimum atomic E-state index is -0.332. The Morgan fingerprint density at radius 3 is 2.31 bits per heavy atom. The largest absolute Gasteiger partial charge is 0.372 e. The molecule has 0 radical (unpaired) electrons. The Morgan fingerprint density at radius 1 is 1.00 bits per heavy atom. The van der Waals surface area contributed by atoms with Crippen molar-refractivity contribution in [3.05, 3.63) is 53.9 Å². The second kappa shape index (κ2) is 10.0. The number of anilines is 2. The number of benzene rings is 1. The molecule has 1 aliphatic heterocycles. The Balaban J connectivity index is 1.56. The quantitative estimate of drug-likeness (QED) is 0.672. The van der Waals surface area contributed by atoms with Crippen LogP contribution in [-0.2, 0) is 0 Å². The molecule has 1 fully saturated rings. The minimum absolute atomic E-state index is 0.217. The normalized spacial score (nSPS) is 13.6. The average Bonchev–Trinajstić information content (AvgIpc) is 3.26. The fraction of sp³-hybridized carbons (Fsp3) is 0.409. The molecule has 1 aliphatic rings. The van der Waals surface area contributed by atoms with Gasteiger partial charge in [0.15, 0.2) is 0 Å². The Bertz CT molecular complexity index is 829. The van der Waals surface area contributed by atoms with E-state index >= 15 is 0 Å². The predicted molar refractivity (Wildman–Crippen MR) is 116 cm³/mol. The number of aromatic nitrogens is 1. The number of hydrogen-bond donors (Lipinski definition) is 2. The molecule has 1 aromatic carbocycles. The van der Waals surface area contributed by atoms with Gasteiger partial charge < -0.3 is 20.4 Å². The summed E-state index contributed by atoms with van der Waals surface area (Å²) in [6, 6.07) is 12.7. The Kier molecular flexibility index (Phi) is 7.19. The van der Waals surface area contributed by atoms with E-state index in [1.807, 2.05) is 38.4 Å². The molecule has 0 aliphatic carbocycles. The van der Waals surface area contributed by atoms with E-state index in [4.69, 9.17) is 0 Å². The van der Waals surface area contributed by atoms with Crippen LogP contribution in [0.3, 0.4) is 0 Å².